The van der Waals surface area contributed by atoms with Crippen molar-refractivity contribution in [3.8, 4) is 10.6 Å². The van der Waals surface area contributed by atoms with Gasteiger partial charge in [-0.15, -0.1) is 0 Å². The van der Waals surface area contributed by atoms with Crippen LogP contribution in [0.3, 0.4) is 0 Å². The molecule has 11 heteroatoms. The molecule has 1 unspecified atom stereocenters. The molecule has 170 valence electrons. The SMILES string of the molecule is COCCN(C(=O)O)c1ccc(Nc2nccc(-c3cnc(NC(C)COC)s3)n2)cc1. The van der Waals surface area contributed by atoms with E-state index >= 15 is 0 Å². The van der Waals surface area contributed by atoms with Crippen LogP contribution in [0.15, 0.2) is 42.7 Å². The molecule has 0 bridgehead atoms. The molecule has 3 N–H and O–H groups in total. The molecule has 2 aromatic heterocycles. The van der Waals surface area contributed by atoms with Crippen LogP contribution in [0.2, 0.25) is 0 Å². The Morgan fingerprint density at radius 2 is 1.97 bits per heavy atom. The van der Waals surface area contributed by atoms with Crippen LogP contribution in [0.4, 0.5) is 27.2 Å². The summed E-state index contributed by atoms with van der Waals surface area (Å²) in [6.07, 6.45) is 2.42. The summed E-state index contributed by atoms with van der Waals surface area (Å²) >= 11 is 1.50. The van der Waals surface area contributed by atoms with Crippen LogP contribution in [-0.2, 0) is 9.47 Å². The van der Waals surface area contributed by atoms with Crippen molar-refractivity contribution >= 4 is 39.9 Å². The van der Waals surface area contributed by atoms with Crippen LogP contribution in [0.5, 0.6) is 0 Å². The van der Waals surface area contributed by atoms with Crippen molar-refractivity contribution in [2.75, 3.05) is 49.5 Å². The van der Waals surface area contributed by atoms with Crippen molar-refractivity contribution in [2.45, 2.75) is 13.0 Å². The minimum absolute atomic E-state index is 0.149. The van der Waals surface area contributed by atoms with E-state index in [1.165, 1.54) is 23.3 Å². The van der Waals surface area contributed by atoms with E-state index in [4.69, 9.17) is 9.47 Å². The Hall–Kier alpha value is -3.28. The van der Waals surface area contributed by atoms with Crippen LogP contribution in [0.25, 0.3) is 10.6 Å². The van der Waals surface area contributed by atoms with Crippen LogP contribution in [0, 0.1) is 0 Å². The van der Waals surface area contributed by atoms with Gasteiger partial charge in [0.2, 0.25) is 5.95 Å². The van der Waals surface area contributed by atoms with Gasteiger partial charge in [0, 0.05) is 44.0 Å². The highest BCUT2D eigenvalue weighted by molar-refractivity contribution is 7.18. The van der Waals surface area contributed by atoms with Gasteiger partial charge in [0.1, 0.15) is 0 Å². The van der Waals surface area contributed by atoms with Crippen molar-refractivity contribution in [3.05, 3.63) is 42.7 Å². The lowest BCUT2D eigenvalue weighted by atomic mass is 10.2. The molecule has 0 aliphatic rings. The average molecular weight is 459 g/mol. The molecule has 0 saturated carbocycles. The number of anilines is 4. The Bertz CT molecular complexity index is 1010. The molecule has 1 atom stereocenters. The molecule has 0 fully saturated rings. The van der Waals surface area contributed by atoms with Gasteiger partial charge in [0.25, 0.3) is 0 Å². The second-order valence-electron chi connectivity index (χ2n) is 6.89. The first kappa shape index (κ1) is 23.4. The molecule has 1 amide bonds. The molecule has 0 radical (unpaired) electrons. The second-order valence-corrected chi connectivity index (χ2v) is 7.93. The van der Waals surface area contributed by atoms with E-state index in [2.05, 4.69) is 25.6 Å². The monoisotopic (exact) mass is 458 g/mol. The fourth-order valence-electron chi connectivity index (χ4n) is 2.89. The maximum Gasteiger partial charge on any atom is 0.411 e. The first-order valence-corrected chi connectivity index (χ1v) is 10.7. The van der Waals surface area contributed by atoms with Gasteiger partial charge in [-0.05, 0) is 37.3 Å². The van der Waals surface area contributed by atoms with Gasteiger partial charge < -0.3 is 25.2 Å². The van der Waals surface area contributed by atoms with E-state index in [-0.39, 0.29) is 12.6 Å². The van der Waals surface area contributed by atoms with E-state index in [9.17, 15) is 9.90 Å². The zero-order chi connectivity index (χ0) is 22.9. The van der Waals surface area contributed by atoms with Gasteiger partial charge in [0.15, 0.2) is 5.13 Å². The van der Waals surface area contributed by atoms with Crippen molar-refractivity contribution in [1.29, 1.82) is 0 Å². The number of benzene rings is 1. The normalized spacial score (nSPS) is 11.7. The Balaban J connectivity index is 1.68. The number of methoxy groups -OCH3 is 2. The molecular formula is C21H26N6O4S. The second kappa shape index (κ2) is 11.4. The number of nitrogens with one attached hydrogen (secondary N) is 2. The summed E-state index contributed by atoms with van der Waals surface area (Å²) < 4.78 is 10.1. The quantitative estimate of drug-likeness (QED) is 0.392. The Morgan fingerprint density at radius 3 is 2.66 bits per heavy atom. The molecule has 0 aliphatic carbocycles. The van der Waals surface area contributed by atoms with E-state index in [1.54, 1.807) is 43.8 Å². The van der Waals surface area contributed by atoms with Gasteiger partial charge in [-0.25, -0.2) is 19.7 Å². The van der Waals surface area contributed by atoms with Crippen LogP contribution >= 0.6 is 11.3 Å². The topological polar surface area (TPSA) is 122 Å². The van der Waals surface area contributed by atoms with Crippen molar-refractivity contribution in [1.82, 2.24) is 15.0 Å². The number of amides is 1. The Kier molecular flexibility index (Phi) is 8.31. The summed E-state index contributed by atoms with van der Waals surface area (Å²) in [7, 11) is 3.20. The number of hydrogen-bond acceptors (Lipinski definition) is 9. The molecule has 10 nitrogen and oxygen atoms in total. The minimum atomic E-state index is -1.03. The smallest absolute Gasteiger partial charge is 0.411 e. The lowest BCUT2D eigenvalue weighted by Crippen LogP contribution is -2.32. The van der Waals surface area contributed by atoms with Crippen LogP contribution in [-0.4, -0.2) is 66.2 Å². The first-order valence-electron chi connectivity index (χ1n) is 9.91. The molecule has 32 heavy (non-hydrogen) atoms. The summed E-state index contributed by atoms with van der Waals surface area (Å²) in [6, 6.07) is 8.97. The molecule has 0 aliphatic heterocycles. The third-order valence-corrected chi connectivity index (χ3v) is 5.34. The molecule has 3 rings (SSSR count). The number of carbonyl (C=O) groups is 1. The Labute approximate surface area is 190 Å². The van der Waals surface area contributed by atoms with Crippen LogP contribution < -0.4 is 15.5 Å². The average Bonchev–Trinajstić information content (AvgIpc) is 3.24. The fourth-order valence-corrected chi connectivity index (χ4v) is 3.79. The molecule has 3 aromatic rings. The largest absolute Gasteiger partial charge is 0.465 e. The molecular weight excluding hydrogens is 432 g/mol. The van der Waals surface area contributed by atoms with E-state index < -0.39 is 6.09 Å². The van der Waals surface area contributed by atoms with E-state index in [0.717, 1.165) is 21.4 Å². The van der Waals surface area contributed by atoms with Gasteiger partial charge in [-0.1, -0.05) is 11.3 Å². The molecule has 1 aromatic carbocycles. The number of nitrogens with zero attached hydrogens (tertiary/aromatic N) is 4. The van der Waals surface area contributed by atoms with Crippen molar-refractivity contribution < 1.29 is 19.4 Å². The maximum atomic E-state index is 11.5. The predicted octanol–water partition coefficient (Wildman–Crippen LogP) is 3.92. The number of rotatable bonds is 11. The van der Waals surface area contributed by atoms with E-state index in [1.807, 2.05) is 13.0 Å². The highest BCUT2D eigenvalue weighted by Gasteiger charge is 2.14. The summed E-state index contributed by atoms with van der Waals surface area (Å²) in [6.45, 7) is 3.18. The molecule has 0 saturated heterocycles. The standard InChI is InChI=1S/C21H26N6O4S/c1-14(13-31-3)24-20-23-12-18(32-20)17-8-9-22-19(26-17)25-15-4-6-16(7-5-15)27(21(28)29)10-11-30-2/h4-9,12,14H,10-11,13H2,1-3H3,(H,23,24)(H,28,29)(H,22,25,26). The zero-order valence-electron chi connectivity index (χ0n) is 18.1. The van der Waals surface area contributed by atoms with Crippen molar-refractivity contribution in [2.24, 2.45) is 0 Å². The van der Waals surface area contributed by atoms with E-state index in [0.29, 0.717) is 24.8 Å². The highest BCUT2D eigenvalue weighted by Crippen LogP contribution is 2.29. The summed E-state index contributed by atoms with van der Waals surface area (Å²) in [5.41, 5.74) is 2.05. The number of aromatic nitrogens is 3. The summed E-state index contributed by atoms with van der Waals surface area (Å²) in [5, 5.41) is 16.6. The van der Waals surface area contributed by atoms with Crippen molar-refractivity contribution in [3.63, 3.8) is 0 Å². The number of thiazole rings is 1. The third-order valence-electron chi connectivity index (χ3n) is 4.39. The predicted molar refractivity (Wildman–Crippen MR) is 125 cm³/mol. The molecule has 0 spiro atoms. The van der Waals surface area contributed by atoms with Gasteiger partial charge in [-0.2, -0.15) is 0 Å². The fraction of sp³-hybridized carbons (Fsp3) is 0.333. The molecule has 2 heterocycles. The Morgan fingerprint density at radius 1 is 1.19 bits per heavy atom. The third kappa shape index (κ3) is 6.36. The number of hydrogen-bond donors (Lipinski definition) is 3. The number of ether oxygens (including phenoxy) is 2. The maximum absolute atomic E-state index is 11.5. The lowest BCUT2D eigenvalue weighted by Gasteiger charge is -2.19. The van der Waals surface area contributed by atoms with Crippen LogP contribution in [0.1, 0.15) is 6.92 Å². The summed E-state index contributed by atoms with van der Waals surface area (Å²) in [5.74, 6) is 0.431. The van der Waals surface area contributed by atoms with Gasteiger partial charge in [-0.3, -0.25) is 4.90 Å². The summed E-state index contributed by atoms with van der Waals surface area (Å²) in [4.78, 5) is 26.8. The lowest BCUT2D eigenvalue weighted by molar-refractivity contribution is 0.186. The highest BCUT2D eigenvalue weighted by atomic mass is 32.1. The van der Waals surface area contributed by atoms with Gasteiger partial charge >= 0.3 is 6.09 Å². The van der Waals surface area contributed by atoms with Gasteiger partial charge in [0.05, 0.1) is 30.3 Å². The minimum Gasteiger partial charge on any atom is -0.465 e. The number of carboxylic acid groups (broad SMARTS) is 1. The first-order chi connectivity index (χ1) is 15.5. The zero-order valence-corrected chi connectivity index (χ0v) is 18.9.